The van der Waals surface area contributed by atoms with E-state index in [2.05, 4.69) is 5.32 Å². The van der Waals surface area contributed by atoms with Crippen molar-refractivity contribution in [3.05, 3.63) is 35.9 Å². The highest BCUT2D eigenvalue weighted by Gasteiger charge is 2.28. The number of carbonyl (C=O) groups excluding carboxylic acids is 2. The maximum absolute atomic E-state index is 12.5. The lowest BCUT2D eigenvalue weighted by molar-refractivity contribution is -0.144. The lowest BCUT2D eigenvalue weighted by atomic mass is 10.0. The zero-order chi connectivity index (χ0) is 19.2. The number of alkyl carbamates (subject to hydrolysis) is 1. The molecule has 0 unspecified atom stereocenters. The minimum absolute atomic E-state index is 0.00310. The van der Waals surface area contributed by atoms with E-state index < -0.39 is 17.8 Å². The molecule has 1 fully saturated rings. The molecular weight excluding hydrogens is 332 g/mol. The Labute approximate surface area is 155 Å². The maximum Gasteiger partial charge on any atom is 0.407 e. The predicted octanol–water partition coefficient (Wildman–Crippen LogP) is 3.11. The second-order valence-electron chi connectivity index (χ2n) is 7.68. The summed E-state index contributed by atoms with van der Waals surface area (Å²) >= 11 is 0. The predicted molar refractivity (Wildman–Crippen MR) is 99.7 cm³/mol. The topological polar surface area (TPSA) is 67.9 Å². The molecule has 2 rings (SSSR count). The van der Waals surface area contributed by atoms with Gasteiger partial charge in [-0.3, -0.25) is 4.79 Å². The van der Waals surface area contributed by atoms with Crippen molar-refractivity contribution in [2.75, 3.05) is 13.1 Å². The first kappa shape index (κ1) is 20.2. The van der Waals surface area contributed by atoms with Crippen LogP contribution in [0.4, 0.5) is 4.79 Å². The average Bonchev–Trinajstić information content (AvgIpc) is 2.59. The maximum atomic E-state index is 12.5. The molecule has 2 amide bonds. The van der Waals surface area contributed by atoms with Crippen molar-refractivity contribution in [3.8, 4) is 0 Å². The molecule has 0 saturated carbocycles. The van der Waals surface area contributed by atoms with Gasteiger partial charge in [-0.05, 0) is 46.1 Å². The molecule has 1 aliphatic rings. The number of nitrogens with zero attached hydrogens (tertiary/aromatic N) is 1. The third-order valence-electron chi connectivity index (χ3n) is 4.22. The van der Waals surface area contributed by atoms with Crippen LogP contribution >= 0.6 is 0 Å². The summed E-state index contributed by atoms with van der Waals surface area (Å²) < 4.78 is 11.0. The fourth-order valence-corrected chi connectivity index (χ4v) is 2.84. The second kappa shape index (κ2) is 9.03. The van der Waals surface area contributed by atoms with Crippen LogP contribution < -0.4 is 5.32 Å². The number of benzene rings is 1. The normalized spacial score (nSPS) is 16.8. The summed E-state index contributed by atoms with van der Waals surface area (Å²) in [4.78, 5) is 26.2. The van der Waals surface area contributed by atoms with E-state index in [9.17, 15) is 9.59 Å². The molecule has 0 radical (unpaired) electrons. The number of hydrogen-bond donors (Lipinski definition) is 1. The molecule has 0 aliphatic carbocycles. The third kappa shape index (κ3) is 6.67. The standard InChI is InChI=1S/C20H30N2O4/c1-15(25-14-16-8-6-5-7-9-16)18(23)22-12-10-17(11-13-22)21-19(24)26-20(2,3)4/h5-9,15,17H,10-14H2,1-4H3,(H,21,24)/t15-/m0/s1. The van der Waals surface area contributed by atoms with Crippen molar-refractivity contribution >= 4 is 12.0 Å². The summed E-state index contributed by atoms with van der Waals surface area (Å²) in [5, 5.41) is 2.88. The van der Waals surface area contributed by atoms with Gasteiger partial charge in [-0.15, -0.1) is 0 Å². The van der Waals surface area contributed by atoms with Crippen LogP contribution in [0.1, 0.15) is 46.1 Å². The van der Waals surface area contributed by atoms with Crippen molar-refractivity contribution in [2.45, 2.75) is 64.9 Å². The number of likely N-dealkylation sites (tertiary alicyclic amines) is 1. The molecule has 1 saturated heterocycles. The lowest BCUT2D eigenvalue weighted by Gasteiger charge is -2.34. The monoisotopic (exact) mass is 362 g/mol. The largest absolute Gasteiger partial charge is 0.444 e. The SMILES string of the molecule is C[C@H](OCc1ccccc1)C(=O)N1CCC(NC(=O)OC(C)(C)C)CC1. The van der Waals surface area contributed by atoms with Gasteiger partial charge in [-0.2, -0.15) is 0 Å². The smallest absolute Gasteiger partial charge is 0.407 e. The molecule has 0 spiro atoms. The highest BCUT2D eigenvalue weighted by molar-refractivity contribution is 5.80. The van der Waals surface area contributed by atoms with Crippen LogP contribution in [-0.2, 0) is 20.9 Å². The van der Waals surface area contributed by atoms with Gasteiger partial charge in [-0.25, -0.2) is 4.79 Å². The summed E-state index contributed by atoms with van der Waals surface area (Å²) in [5.41, 5.74) is 0.541. The Hall–Kier alpha value is -2.08. The van der Waals surface area contributed by atoms with Crippen LogP contribution in [0.2, 0.25) is 0 Å². The number of amides is 2. The van der Waals surface area contributed by atoms with Gasteiger partial charge in [0.15, 0.2) is 0 Å². The number of rotatable bonds is 5. The summed E-state index contributed by atoms with van der Waals surface area (Å²) in [6, 6.07) is 9.85. The Morgan fingerprint density at radius 3 is 2.38 bits per heavy atom. The number of carbonyl (C=O) groups is 2. The first-order valence-electron chi connectivity index (χ1n) is 9.18. The lowest BCUT2D eigenvalue weighted by Crippen LogP contribution is -2.49. The fraction of sp³-hybridized carbons (Fsp3) is 0.600. The van der Waals surface area contributed by atoms with Gasteiger partial charge in [-0.1, -0.05) is 30.3 Å². The summed E-state index contributed by atoms with van der Waals surface area (Å²) in [6.07, 6.45) is 0.555. The Morgan fingerprint density at radius 2 is 1.81 bits per heavy atom. The van der Waals surface area contributed by atoms with Crippen molar-refractivity contribution < 1.29 is 19.1 Å². The molecular formula is C20H30N2O4. The highest BCUT2D eigenvalue weighted by Crippen LogP contribution is 2.15. The van der Waals surface area contributed by atoms with Gasteiger partial charge in [0.1, 0.15) is 11.7 Å². The van der Waals surface area contributed by atoms with E-state index in [1.54, 1.807) is 6.92 Å². The molecule has 1 aliphatic heterocycles. The quantitative estimate of drug-likeness (QED) is 0.874. The minimum Gasteiger partial charge on any atom is -0.444 e. The van der Waals surface area contributed by atoms with Crippen LogP contribution in [0, 0.1) is 0 Å². The van der Waals surface area contributed by atoms with E-state index in [4.69, 9.17) is 9.47 Å². The first-order chi connectivity index (χ1) is 12.2. The van der Waals surface area contributed by atoms with Gasteiger partial charge in [0.25, 0.3) is 5.91 Å². The van der Waals surface area contributed by atoms with E-state index in [1.165, 1.54) is 0 Å². The minimum atomic E-state index is -0.508. The van der Waals surface area contributed by atoms with Crippen LogP contribution in [0.25, 0.3) is 0 Å². The Kier molecular flexibility index (Phi) is 7.03. The van der Waals surface area contributed by atoms with Crippen molar-refractivity contribution in [2.24, 2.45) is 0 Å². The molecule has 26 heavy (non-hydrogen) atoms. The number of ether oxygens (including phenoxy) is 2. The van der Waals surface area contributed by atoms with Gasteiger partial charge < -0.3 is 19.7 Å². The Bertz CT molecular complexity index is 590. The molecule has 6 nitrogen and oxygen atoms in total. The zero-order valence-corrected chi connectivity index (χ0v) is 16.2. The second-order valence-corrected chi connectivity index (χ2v) is 7.68. The molecule has 1 atom stereocenters. The molecule has 1 N–H and O–H groups in total. The van der Waals surface area contributed by atoms with Gasteiger partial charge in [0.2, 0.25) is 0 Å². The van der Waals surface area contributed by atoms with Crippen molar-refractivity contribution in [1.82, 2.24) is 10.2 Å². The van der Waals surface area contributed by atoms with Gasteiger partial charge in [0.05, 0.1) is 6.61 Å². The van der Waals surface area contributed by atoms with Crippen molar-refractivity contribution in [3.63, 3.8) is 0 Å². The number of nitrogens with one attached hydrogen (secondary N) is 1. The molecule has 0 bridgehead atoms. The number of piperidine rings is 1. The van der Waals surface area contributed by atoms with Crippen molar-refractivity contribution in [1.29, 1.82) is 0 Å². The van der Waals surface area contributed by atoms with Crippen LogP contribution in [0.3, 0.4) is 0 Å². The van der Waals surface area contributed by atoms with E-state index in [-0.39, 0.29) is 11.9 Å². The molecule has 144 valence electrons. The molecule has 0 aromatic heterocycles. The summed E-state index contributed by atoms with van der Waals surface area (Å²) in [6.45, 7) is 8.94. The zero-order valence-electron chi connectivity index (χ0n) is 16.2. The van der Waals surface area contributed by atoms with Crippen LogP contribution in [0.5, 0.6) is 0 Å². The van der Waals surface area contributed by atoms with E-state index >= 15 is 0 Å². The number of hydrogen-bond acceptors (Lipinski definition) is 4. The van der Waals surface area contributed by atoms with E-state index in [0.29, 0.717) is 19.7 Å². The Balaban J connectivity index is 1.72. The molecule has 1 heterocycles. The van der Waals surface area contributed by atoms with Crippen LogP contribution in [0.15, 0.2) is 30.3 Å². The Morgan fingerprint density at radius 1 is 1.19 bits per heavy atom. The molecule has 1 aromatic rings. The van der Waals surface area contributed by atoms with Crippen LogP contribution in [-0.4, -0.2) is 47.7 Å². The van der Waals surface area contributed by atoms with Gasteiger partial charge in [0, 0.05) is 19.1 Å². The average molecular weight is 362 g/mol. The molecule has 6 heteroatoms. The molecule has 1 aromatic carbocycles. The summed E-state index contributed by atoms with van der Waals surface area (Å²) in [5.74, 6) is -0.00310. The highest BCUT2D eigenvalue weighted by atomic mass is 16.6. The fourth-order valence-electron chi connectivity index (χ4n) is 2.84. The summed E-state index contributed by atoms with van der Waals surface area (Å²) in [7, 11) is 0. The van der Waals surface area contributed by atoms with E-state index in [0.717, 1.165) is 18.4 Å². The van der Waals surface area contributed by atoms with Gasteiger partial charge >= 0.3 is 6.09 Å². The third-order valence-corrected chi connectivity index (χ3v) is 4.22. The first-order valence-corrected chi connectivity index (χ1v) is 9.18. The van der Waals surface area contributed by atoms with E-state index in [1.807, 2.05) is 56.0 Å².